The number of rotatable bonds is 5. The predicted octanol–water partition coefficient (Wildman–Crippen LogP) is 4.37. The van der Waals surface area contributed by atoms with Crippen molar-refractivity contribution in [3.05, 3.63) is 35.9 Å². The Morgan fingerprint density at radius 1 is 0.906 bits per heavy atom. The highest BCUT2D eigenvalue weighted by molar-refractivity contribution is 5.72. The van der Waals surface area contributed by atoms with Crippen molar-refractivity contribution in [1.29, 1.82) is 0 Å². The Morgan fingerprint density at radius 2 is 1.53 bits per heavy atom. The van der Waals surface area contributed by atoms with Crippen LogP contribution in [-0.2, 0) is 25.6 Å². The number of nitrogens with zero attached hydrogens (tertiary/aromatic N) is 2. The lowest BCUT2D eigenvalue weighted by atomic mass is 10.1. The molecule has 1 saturated heterocycles. The molecule has 0 spiro atoms. The number of carbonyl (C=O) groups is 3. The van der Waals surface area contributed by atoms with E-state index in [4.69, 9.17) is 14.2 Å². The van der Waals surface area contributed by atoms with Crippen LogP contribution in [0.2, 0.25) is 0 Å². The van der Waals surface area contributed by atoms with Crippen LogP contribution in [0, 0.1) is 0 Å². The summed E-state index contributed by atoms with van der Waals surface area (Å²) in [6.07, 6.45) is -0.412. The lowest BCUT2D eigenvalue weighted by molar-refractivity contribution is -0.155. The third-order valence-electron chi connectivity index (χ3n) is 4.68. The maximum Gasteiger partial charge on any atom is 0.410 e. The van der Waals surface area contributed by atoms with Gasteiger partial charge in [-0.25, -0.2) is 9.59 Å². The number of hydrogen-bond acceptors (Lipinski definition) is 6. The van der Waals surface area contributed by atoms with Crippen molar-refractivity contribution >= 4 is 18.2 Å². The summed E-state index contributed by atoms with van der Waals surface area (Å²) in [5.74, 6) is -0.343. The second kappa shape index (κ2) is 10.7. The van der Waals surface area contributed by atoms with E-state index in [0.717, 1.165) is 5.56 Å². The van der Waals surface area contributed by atoms with E-state index in [0.29, 0.717) is 19.5 Å². The Morgan fingerprint density at radius 3 is 2.12 bits per heavy atom. The molecule has 0 aromatic heterocycles. The van der Waals surface area contributed by atoms with Gasteiger partial charge in [0.1, 0.15) is 17.8 Å². The van der Waals surface area contributed by atoms with Gasteiger partial charge >= 0.3 is 18.2 Å². The molecule has 0 bridgehead atoms. The van der Waals surface area contributed by atoms with Gasteiger partial charge in [-0.1, -0.05) is 30.3 Å². The molecule has 1 aromatic rings. The molecule has 2 rings (SSSR count). The molecule has 0 unspecified atom stereocenters. The molecule has 1 aliphatic rings. The fourth-order valence-electron chi connectivity index (χ4n) is 3.31. The van der Waals surface area contributed by atoms with Crippen molar-refractivity contribution in [2.24, 2.45) is 0 Å². The van der Waals surface area contributed by atoms with Gasteiger partial charge in [0.05, 0.1) is 6.04 Å². The smallest absolute Gasteiger partial charge is 0.410 e. The molecule has 1 atom stereocenters. The van der Waals surface area contributed by atoms with Crippen molar-refractivity contribution in [3.8, 4) is 0 Å². The first-order valence-corrected chi connectivity index (χ1v) is 11.0. The lowest BCUT2D eigenvalue weighted by Crippen LogP contribution is -2.57. The topological polar surface area (TPSA) is 85.4 Å². The van der Waals surface area contributed by atoms with Crippen molar-refractivity contribution < 1.29 is 28.6 Å². The minimum absolute atomic E-state index is 0.132. The first kappa shape index (κ1) is 25.5. The van der Waals surface area contributed by atoms with Gasteiger partial charge in [-0.2, -0.15) is 0 Å². The summed E-state index contributed by atoms with van der Waals surface area (Å²) in [5.41, 5.74) is -0.312. The second-order valence-electron chi connectivity index (χ2n) is 9.94. The van der Waals surface area contributed by atoms with Crippen LogP contribution in [0.3, 0.4) is 0 Å². The second-order valence-corrected chi connectivity index (χ2v) is 9.94. The highest BCUT2D eigenvalue weighted by Crippen LogP contribution is 2.20. The molecule has 178 valence electrons. The standard InChI is InChI=1S/C24H36N2O6/c1-23(2,3)31-20(27)13-12-19-16-25(21(28)32-24(4,5)6)14-15-26(19)22(29)30-17-18-10-8-7-9-11-18/h7-11,19H,12-17H2,1-6H3/t19-/m0/s1. The molecule has 8 nitrogen and oxygen atoms in total. The van der Waals surface area contributed by atoms with E-state index in [-0.39, 0.29) is 31.6 Å². The summed E-state index contributed by atoms with van der Waals surface area (Å²) in [5, 5.41) is 0. The zero-order valence-electron chi connectivity index (χ0n) is 20.1. The number of esters is 1. The van der Waals surface area contributed by atoms with Crippen LogP contribution in [0.5, 0.6) is 0 Å². The van der Waals surface area contributed by atoms with Crippen molar-refractivity contribution in [2.45, 2.75) is 78.2 Å². The molecular formula is C24H36N2O6. The summed E-state index contributed by atoms with van der Waals surface area (Å²) in [6.45, 7) is 11.9. The molecular weight excluding hydrogens is 412 g/mol. The summed E-state index contributed by atoms with van der Waals surface area (Å²) in [4.78, 5) is 40.8. The van der Waals surface area contributed by atoms with E-state index in [9.17, 15) is 14.4 Å². The molecule has 1 heterocycles. The SMILES string of the molecule is CC(C)(C)OC(=O)CC[C@H]1CN(C(=O)OC(C)(C)C)CCN1C(=O)OCc1ccccc1. The third-order valence-corrected chi connectivity index (χ3v) is 4.68. The number of ether oxygens (including phenoxy) is 3. The molecule has 0 N–H and O–H groups in total. The molecule has 0 aliphatic carbocycles. The van der Waals surface area contributed by atoms with Gasteiger partial charge in [0.2, 0.25) is 0 Å². The zero-order chi connectivity index (χ0) is 23.9. The van der Waals surface area contributed by atoms with Crippen LogP contribution in [0.1, 0.15) is 59.9 Å². The maximum absolute atomic E-state index is 12.8. The van der Waals surface area contributed by atoms with Crippen LogP contribution in [0.4, 0.5) is 9.59 Å². The fourth-order valence-corrected chi connectivity index (χ4v) is 3.31. The first-order valence-electron chi connectivity index (χ1n) is 11.0. The average molecular weight is 449 g/mol. The first-order chi connectivity index (χ1) is 14.8. The molecule has 8 heteroatoms. The van der Waals surface area contributed by atoms with E-state index >= 15 is 0 Å². The van der Waals surface area contributed by atoms with Crippen molar-refractivity contribution in [1.82, 2.24) is 9.80 Å². The van der Waals surface area contributed by atoms with Gasteiger partial charge in [-0.15, -0.1) is 0 Å². The Kier molecular flexibility index (Phi) is 8.52. The molecule has 1 aromatic carbocycles. The molecule has 1 fully saturated rings. The zero-order valence-corrected chi connectivity index (χ0v) is 20.1. The Balaban J connectivity index is 2.04. The minimum Gasteiger partial charge on any atom is -0.460 e. The Labute approximate surface area is 190 Å². The number of amides is 2. The third kappa shape index (κ3) is 8.77. The highest BCUT2D eigenvalue weighted by Gasteiger charge is 2.35. The molecule has 1 aliphatic heterocycles. The largest absolute Gasteiger partial charge is 0.460 e. The van der Waals surface area contributed by atoms with Gasteiger partial charge in [0, 0.05) is 26.1 Å². The number of carbonyl (C=O) groups excluding carboxylic acids is 3. The van der Waals surface area contributed by atoms with Crippen LogP contribution in [-0.4, -0.2) is 64.8 Å². The minimum atomic E-state index is -0.616. The summed E-state index contributed by atoms with van der Waals surface area (Å²) >= 11 is 0. The van der Waals surface area contributed by atoms with E-state index in [1.54, 1.807) is 9.80 Å². The lowest BCUT2D eigenvalue weighted by Gasteiger charge is -2.41. The normalized spacial score (nSPS) is 17.0. The van der Waals surface area contributed by atoms with E-state index < -0.39 is 23.4 Å². The van der Waals surface area contributed by atoms with Crippen LogP contribution in [0.15, 0.2) is 30.3 Å². The van der Waals surface area contributed by atoms with Crippen LogP contribution in [0.25, 0.3) is 0 Å². The molecule has 32 heavy (non-hydrogen) atoms. The fraction of sp³-hybridized carbons (Fsp3) is 0.625. The highest BCUT2D eigenvalue weighted by atomic mass is 16.6. The molecule has 0 saturated carbocycles. The van der Waals surface area contributed by atoms with Crippen molar-refractivity contribution in [2.75, 3.05) is 19.6 Å². The van der Waals surface area contributed by atoms with Crippen molar-refractivity contribution in [3.63, 3.8) is 0 Å². The quantitative estimate of drug-likeness (QED) is 0.491. The monoisotopic (exact) mass is 448 g/mol. The number of hydrogen-bond donors (Lipinski definition) is 0. The number of benzene rings is 1. The van der Waals surface area contributed by atoms with Gasteiger partial charge in [0.25, 0.3) is 0 Å². The molecule has 2 amide bonds. The van der Waals surface area contributed by atoms with E-state index in [2.05, 4.69) is 0 Å². The van der Waals surface area contributed by atoms with Gasteiger partial charge < -0.3 is 24.0 Å². The van der Waals surface area contributed by atoms with Crippen LogP contribution >= 0.6 is 0 Å². The average Bonchev–Trinajstić information content (AvgIpc) is 2.68. The maximum atomic E-state index is 12.8. The Hall–Kier alpha value is -2.77. The number of piperazine rings is 1. The summed E-state index contributed by atoms with van der Waals surface area (Å²) < 4.78 is 16.4. The van der Waals surface area contributed by atoms with E-state index in [1.165, 1.54) is 0 Å². The van der Waals surface area contributed by atoms with Gasteiger partial charge in [-0.3, -0.25) is 4.79 Å². The van der Waals surface area contributed by atoms with Gasteiger partial charge in [0.15, 0.2) is 0 Å². The summed E-state index contributed by atoms with van der Waals surface area (Å²) in [7, 11) is 0. The predicted molar refractivity (Wildman–Crippen MR) is 120 cm³/mol. The summed E-state index contributed by atoms with van der Waals surface area (Å²) in [6, 6.07) is 9.04. The molecule has 0 radical (unpaired) electrons. The van der Waals surface area contributed by atoms with Crippen LogP contribution < -0.4 is 0 Å². The van der Waals surface area contributed by atoms with Gasteiger partial charge in [-0.05, 0) is 53.5 Å². The Bertz CT molecular complexity index is 782. The van der Waals surface area contributed by atoms with E-state index in [1.807, 2.05) is 71.9 Å².